The van der Waals surface area contributed by atoms with Crippen LogP contribution >= 0.6 is 0 Å². The third-order valence-corrected chi connectivity index (χ3v) is 6.52. The van der Waals surface area contributed by atoms with Crippen molar-refractivity contribution in [2.45, 2.75) is 54.0 Å². The largest absolute Gasteiger partial charge is 0.481 e. The molecule has 27 heavy (non-hydrogen) atoms. The van der Waals surface area contributed by atoms with Crippen LogP contribution in [-0.2, 0) is 16.1 Å². The first-order valence-electron chi connectivity index (χ1n) is 9.46. The molecule has 1 heterocycles. The van der Waals surface area contributed by atoms with Crippen LogP contribution < -0.4 is 10.1 Å². The topological polar surface area (TPSA) is 71.5 Å². The Morgan fingerprint density at radius 2 is 1.93 bits per heavy atom. The molecule has 1 aromatic rings. The normalized spacial score (nSPS) is 23.8. The number of aromatic nitrogens is 1. The SMILES string of the molecule is COc1nc(C)cc(C)c1CNC(=O)[C@@]1(C)CCC(C(=O)N(C)C)C1(C)C. The fourth-order valence-corrected chi connectivity index (χ4v) is 4.23. The van der Waals surface area contributed by atoms with Crippen molar-refractivity contribution in [3.63, 3.8) is 0 Å². The average Bonchev–Trinajstić information content (AvgIpc) is 2.83. The van der Waals surface area contributed by atoms with Crippen molar-refractivity contribution >= 4 is 11.8 Å². The summed E-state index contributed by atoms with van der Waals surface area (Å²) in [6.07, 6.45) is 1.42. The molecule has 0 radical (unpaired) electrons. The van der Waals surface area contributed by atoms with Crippen LogP contribution in [0.4, 0.5) is 0 Å². The van der Waals surface area contributed by atoms with Gasteiger partial charge in [-0.1, -0.05) is 20.8 Å². The van der Waals surface area contributed by atoms with Gasteiger partial charge >= 0.3 is 0 Å². The number of amides is 2. The Bertz CT molecular complexity index is 742. The number of hydrogen-bond donors (Lipinski definition) is 1. The molecule has 6 heteroatoms. The molecule has 0 aromatic carbocycles. The highest BCUT2D eigenvalue weighted by Gasteiger charge is 2.58. The summed E-state index contributed by atoms with van der Waals surface area (Å²) in [5.41, 5.74) is 1.77. The fraction of sp³-hybridized carbons (Fsp3) is 0.667. The van der Waals surface area contributed by atoms with Crippen LogP contribution in [0, 0.1) is 30.6 Å². The molecular weight excluding hydrogens is 342 g/mol. The first-order chi connectivity index (χ1) is 12.5. The zero-order valence-electron chi connectivity index (χ0n) is 17.9. The van der Waals surface area contributed by atoms with E-state index in [4.69, 9.17) is 4.74 Å². The quantitative estimate of drug-likeness (QED) is 0.859. The van der Waals surface area contributed by atoms with E-state index >= 15 is 0 Å². The van der Waals surface area contributed by atoms with Crippen molar-refractivity contribution in [1.82, 2.24) is 15.2 Å². The standard InChI is InChI=1S/C21H33N3O3/c1-13-11-14(2)23-17(27-8)15(13)12-22-19(26)21(5)10-9-16(20(21,3)4)18(25)24(6)7/h11,16H,9-10,12H2,1-8H3,(H,22,26)/t16?,21-/m1/s1. The molecule has 150 valence electrons. The third-order valence-electron chi connectivity index (χ3n) is 6.52. The van der Waals surface area contributed by atoms with Gasteiger partial charge < -0.3 is 15.0 Å². The smallest absolute Gasteiger partial charge is 0.226 e. The summed E-state index contributed by atoms with van der Waals surface area (Å²) in [5, 5.41) is 3.08. The molecule has 0 saturated heterocycles. The monoisotopic (exact) mass is 375 g/mol. The Balaban J connectivity index is 2.20. The highest BCUT2D eigenvalue weighted by molar-refractivity contribution is 5.87. The summed E-state index contributed by atoms with van der Waals surface area (Å²) in [5.74, 6) is 0.463. The van der Waals surface area contributed by atoms with Gasteiger partial charge in [0.05, 0.1) is 12.5 Å². The van der Waals surface area contributed by atoms with Crippen molar-refractivity contribution in [3.05, 3.63) is 22.9 Å². The van der Waals surface area contributed by atoms with Gasteiger partial charge in [-0.25, -0.2) is 4.98 Å². The Morgan fingerprint density at radius 3 is 2.48 bits per heavy atom. The molecule has 1 aromatic heterocycles. The number of carbonyl (C=O) groups is 2. The maximum absolute atomic E-state index is 13.2. The third kappa shape index (κ3) is 3.66. The lowest BCUT2D eigenvalue weighted by Crippen LogP contribution is -2.49. The number of rotatable bonds is 5. The zero-order valence-corrected chi connectivity index (χ0v) is 17.9. The van der Waals surface area contributed by atoms with Gasteiger partial charge in [0.25, 0.3) is 0 Å². The van der Waals surface area contributed by atoms with Crippen molar-refractivity contribution in [2.24, 2.45) is 16.7 Å². The second-order valence-electron chi connectivity index (χ2n) is 8.63. The van der Waals surface area contributed by atoms with Gasteiger partial charge in [-0.05, 0) is 43.7 Å². The van der Waals surface area contributed by atoms with Gasteiger partial charge in [0, 0.05) is 37.8 Å². The van der Waals surface area contributed by atoms with E-state index in [1.54, 1.807) is 26.1 Å². The van der Waals surface area contributed by atoms with Gasteiger partial charge in [0.1, 0.15) is 0 Å². The molecule has 0 spiro atoms. The van der Waals surface area contributed by atoms with Gasteiger partial charge in [-0.2, -0.15) is 0 Å². The molecule has 1 aliphatic rings. The second-order valence-corrected chi connectivity index (χ2v) is 8.63. The molecule has 1 fully saturated rings. The molecule has 1 N–H and O–H groups in total. The van der Waals surface area contributed by atoms with Gasteiger partial charge in [-0.15, -0.1) is 0 Å². The van der Waals surface area contributed by atoms with Crippen molar-refractivity contribution in [2.75, 3.05) is 21.2 Å². The van der Waals surface area contributed by atoms with Crippen molar-refractivity contribution < 1.29 is 14.3 Å². The number of methoxy groups -OCH3 is 1. The van der Waals surface area contributed by atoms with Crippen LogP contribution in [0.3, 0.4) is 0 Å². The van der Waals surface area contributed by atoms with E-state index in [0.717, 1.165) is 23.2 Å². The second kappa shape index (κ2) is 7.49. The molecular formula is C21H33N3O3. The predicted octanol–water partition coefficient (Wildman–Crippen LogP) is 2.85. The van der Waals surface area contributed by atoms with E-state index in [9.17, 15) is 9.59 Å². The molecule has 0 aliphatic heterocycles. The fourth-order valence-electron chi connectivity index (χ4n) is 4.23. The number of hydrogen-bond acceptors (Lipinski definition) is 4. The van der Waals surface area contributed by atoms with E-state index in [0.29, 0.717) is 18.8 Å². The lowest BCUT2D eigenvalue weighted by atomic mass is 9.65. The zero-order chi connectivity index (χ0) is 20.6. The summed E-state index contributed by atoms with van der Waals surface area (Å²) in [6, 6.07) is 1.98. The number of ether oxygens (including phenoxy) is 1. The number of carbonyl (C=O) groups excluding carboxylic acids is 2. The summed E-state index contributed by atoms with van der Waals surface area (Å²) < 4.78 is 5.39. The van der Waals surface area contributed by atoms with Gasteiger partial charge in [0.2, 0.25) is 17.7 Å². The number of nitrogens with zero attached hydrogens (tertiary/aromatic N) is 2. The highest BCUT2D eigenvalue weighted by atomic mass is 16.5. The Hall–Kier alpha value is -2.11. The Labute approximate surface area is 162 Å². The Kier molecular flexibility index (Phi) is 5.88. The molecule has 6 nitrogen and oxygen atoms in total. The molecule has 1 saturated carbocycles. The highest BCUT2D eigenvalue weighted by Crippen LogP contribution is 2.56. The molecule has 2 amide bonds. The molecule has 2 atom stereocenters. The minimum absolute atomic E-state index is 0.0245. The predicted molar refractivity (Wildman–Crippen MR) is 105 cm³/mol. The van der Waals surface area contributed by atoms with Crippen molar-refractivity contribution in [3.8, 4) is 5.88 Å². The van der Waals surface area contributed by atoms with Crippen LogP contribution in [0.5, 0.6) is 5.88 Å². The average molecular weight is 376 g/mol. The maximum Gasteiger partial charge on any atom is 0.226 e. The minimum Gasteiger partial charge on any atom is -0.481 e. The van der Waals surface area contributed by atoms with E-state index in [1.165, 1.54) is 0 Å². The maximum atomic E-state index is 13.2. The van der Waals surface area contributed by atoms with Crippen LogP contribution in [0.2, 0.25) is 0 Å². The van der Waals surface area contributed by atoms with Crippen molar-refractivity contribution in [1.29, 1.82) is 0 Å². The summed E-state index contributed by atoms with van der Waals surface area (Å²) in [6.45, 7) is 10.3. The molecule has 1 unspecified atom stereocenters. The lowest BCUT2D eigenvalue weighted by molar-refractivity contribution is -0.142. The molecule has 2 rings (SSSR count). The summed E-state index contributed by atoms with van der Waals surface area (Å²) in [4.78, 5) is 31.8. The minimum atomic E-state index is -0.609. The van der Waals surface area contributed by atoms with E-state index in [2.05, 4.69) is 10.3 Å². The first kappa shape index (κ1) is 21.2. The lowest BCUT2D eigenvalue weighted by Gasteiger charge is -2.40. The van der Waals surface area contributed by atoms with Crippen LogP contribution in [0.25, 0.3) is 0 Å². The summed E-state index contributed by atoms with van der Waals surface area (Å²) in [7, 11) is 5.13. The van der Waals surface area contributed by atoms with Crippen LogP contribution in [-0.4, -0.2) is 42.9 Å². The van der Waals surface area contributed by atoms with Crippen LogP contribution in [0.15, 0.2) is 6.07 Å². The summed E-state index contributed by atoms with van der Waals surface area (Å²) >= 11 is 0. The van der Waals surface area contributed by atoms with E-state index < -0.39 is 10.8 Å². The van der Waals surface area contributed by atoms with Crippen LogP contribution in [0.1, 0.15) is 50.4 Å². The van der Waals surface area contributed by atoms with Gasteiger partial charge in [-0.3, -0.25) is 9.59 Å². The number of pyridine rings is 1. The molecule has 1 aliphatic carbocycles. The van der Waals surface area contributed by atoms with E-state index in [-0.39, 0.29) is 17.7 Å². The van der Waals surface area contributed by atoms with Gasteiger partial charge in [0.15, 0.2) is 0 Å². The number of aryl methyl sites for hydroxylation is 2. The number of nitrogens with one attached hydrogen (secondary N) is 1. The Morgan fingerprint density at radius 1 is 1.30 bits per heavy atom. The first-order valence-corrected chi connectivity index (χ1v) is 9.46. The molecule has 0 bridgehead atoms. The van der Waals surface area contributed by atoms with E-state index in [1.807, 2.05) is 40.7 Å².